The molecule has 0 aliphatic heterocycles. The SMILES string of the molecule is [2H]c1cc(Oc2ccccn2)cc(-c2ccc3c4cc([2H])ccc4n(-c4ccccn4)c3c2)c1. The van der Waals surface area contributed by atoms with Crippen LogP contribution in [0.3, 0.4) is 0 Å². The highest BCUT2D eigenvalue weighted by atomic mass is 16.5. The maximum absolute atomic E-state index is 8.31. The van der Waals surface area contributed by atoms with Gasteiger partial charge in [-0.25, -0.2) is 9.97 Å². The third-order valence-electron chi connectivity index (χ3n) is 5.44. The molecular weight excluding hydrogens is 394 g/mol. The molecule has 4 heteroatoms. The molecule has 0 spiro atoms. The summed E-state index contributed by atoms with van der Waals surface area (Å²) in [4.78, 5) is 8.80. The molecule has 6 aromatic rings. The molecule has 6 rings (SSSR count). The molecule has 0 unspecified atom stereocenters. The molecule has 3 heterocycles. The fraction of sp³-hybridized carbons (Fsp3) is 0. The Bertz CT molecular complexity index is 1650. The largest absolute Gasteiger partial charge is 0.439 e. The van der Waals surface area contributed by atoms with Crippen LogP contribution >= 0.6 is 0 Å². The average Bonchev–Trinajstić information content (AvgIpc) is 3.17. The van der Waals surface area contributed by atoms with Gasteiger partial charge in [0.25, 0.3) is 0 Å². The molecular formula is C28H19N3O. The summed E-state index contributed by atoms with van der Waals surface area (Å²) in [7, 11) is 0. The molecule has 0 bridgehead atoms. The van der Waals surface area contributed by atoms with Crippen LogP contribution in [-0.4, -0.2) is 14.5 Å². The van der Waals surface area contributed by atoms with Gasteiger partial charge >= 0.3 is 0 Å². The van der Waals surface area contributed by atoms with Crippen molar-refractivity contribution in [2.24, 2.45) is 0 Å². The summed E-state index contributed by atoms with van der Waals surface area (Å²) in [6.07, 6.45) is 3.45. The van der Waals surface area contributed by atoms with Crippen molar-refractivity contribution in [2.45, 2.75) is 0 Å². The van der Waals surface area contributed by atoms with Crippen molar-refractivity contribution >= 4 is 21.8 Å². The van der Waals surface area contributed by atoms with E-state index in [1.54, 1.807) is 30.6 Å². The summed E-state index contributed by atoms with van der Waals surface area (Å²) < 4.78 is 24.4. The number of aromatic nitrogens is 3. The van der Waals surface area contributed by atoms with E-state index in [4.69, 9.17) is 7.48 Å². The molecule has 0 N–H and O–H groups in total. The van der Waals surface area contributed by atoms with Gasteiger partial charge < -0.3 is 4.74 Å². The number of pyridine rings is 2. The van der Waals surface area contributed by atoms with E-state index in [1.807, 2.05) is 60.7 Å². The van der Waals surface area contributed by atoms with E-state index < -0.39 is 0 Å². The maximum atomic E-state index is 8.31. The molecule has 32 heavy (non-hydrogen) atoms. The van der Waals surface area contributed by atoms with Gasteiger partial charge in [0, 0.05) is 29.2 Å². The number of benzene rings is 3. The van der Waals surface area contributed by atoms with E-state index in [0.29, 0.717) is 23.7 Å². The van der Waals surface area contributed by atoms with Crippen LogP contribution in [0.25, 0.3) is 38.8 Å². The van der Waals surface area contributed by atoms with Gasteiger partial charge in [0.2, 0.25) is 5.88 Å². The summed E-state index contributed by atoms with van der Waals surface area (Å²) in [6, 6.07) is 29.4. The van der Waals surface area contributed by atoms with Crippen molar-refractivity contribution in [1.29, 1.82) is 0 Å². The zero-order chi connectivity index (χ0) is 23.1. The monoisotopic (exact) mass is 415 g/mol. The van der Waals surface area contributed by atoms with Gasteiger partial charge in [-0.1, -0.05) is 54.5 Å². The molecule has 3 aromatic heterocycles. The van der Waals surface area contributed by atoms with E-state index in [1.165, 1.54) is 0 Å². The Balaban J connectivity index is 1.54. The molecule has 0 amide bonds. The molecule has 4 nitrogen and oxygen atoms in total. The summed E-state index contributed by atoms with van der Waals surface area (Å²) in [6.45, 7) is 0. The van der Waals surface area contributed by atoms with Crippen molar-refractivity contribution in [3.63, 3.8) is 0 Å². The van der Waals surface area contributed by atoms with Crippen LogP contribution in [0, 0.1) is 0 Å². The molecule has 0 fully saturated rings. The smallest absolute Gasteiger partial charge is 0.219 e. The molecule has 0 radical (unpaired) electrons. The fourth-order valence-electron chi connectivity index (χ4n) is 4.02. The first-order chi connectivity index (χ1) is 16.7. The Kier molecular flexibility index (Phi) is 3.90. The summed E-state index contributed by atoms with van der Waals surface area (Å²) >= 11 is 0. The van der Waals surface area contributed by atoms with E-state index in [2.05, 4.69) is 26.7 Å². The Morgan fingerprint density at radius 2 is 1.50 bits per heavy atom. The van der Waals surface area contributed by atoms with Gasteiger partial charge in [0.1, 0.15) is 11.6 Å². The first-order valence-corrected chi connectivity index (χ1v) is 10.3. The van der Waals surface area contributed by atoms with Crippen LogP contribution in [0.2, 0.25) is 0 Å². The van der Waals surface area contributed by atoms with E-state index in [9.17, 15) is 0 Å². The summed E-state index contributed by atoms with van der Waals surface area (Å²) in [5.41, 5.74) is 3.81. The maximum Gasteiger partial charge on any atom is 0.219 e. The highest BCUT2D eigenvalue weighted by Gasteiger charge is 2.13. The normalized spacial score (nSPS) is 12.0. The lowest BCUT2D eigenvalue weighted by Crippen LogP contribution is -1.96. The van der Waals surface area contributed by atoms with Gasteiger partial charge in [-0.3, -0.25) is 4.57 Å². The zero-order valence-corrected chi connectivity index (χ0v) is 17.1. The number of hydrogen-bond acceptors (Lipinski definition) is 3. The number of hydrogen-bond donors (Lipinski definition) is 0. The van der Waals surface area contributed by atoms with Crippen LogP contribution in [0.4, 0.5) is 0 Å². The standard InChI is InChI=1S/C28H19N3O/c1-2-11-25-23(10-1)24-15-14-21(19-26(24)31(25)27-12-3-5-16-29-27)20-8-7-9-22(18-20)32-28-13-4-6-17-30-28/h1-19H/i1D,7D. The third-order valence-corrected chi connectivity index (χ3v) is 5.44. The second-order valence-electron chi connectivity index (χ2n) is 7.43. The van der Waals surface area contributed by atoms with E-state index in [-0.39, 0.29) is 0 Å². The first-order valence-electron chi connectivity index (χ1n) is 11.3. The second-order valence-corrected chi connectivity index (χ2v) is 7.43. The van der Waals surface area contributed by atoms with Crippen molar-refractivity contribution in [2.75, 3.05) is 0 Å². The van der Waals surface area contributed by atoms with Gasteiger partial charge in [-0.05, 0) is 53.6 Å². The lowest BCUT2D eigenvalue weighted by molar-refractivity contribution is 0.463. The fourth-order valence-corrected chi connectivity index (χ4v) is 4.02. The van der Waals surface area contributed by atoms with Crippen molar-refractivity contribution in [3.8, 4) is 28.6 Å². The van der Waals surface area contributed by atoms with Crippen LogP contribution in [0.5, 0.6) is 11.6 Å². The minimum Gasteiger partial charge on any atom is -0.439 e. The van der Waals surface area contributed by atoms with Gasteiger partial charge in [-0.2, -0.15) is 0 Å². The zero-order valence-electron chi connectivity index (χ0n) is 19.1. The average molecular weight is 415 g/mol. The number of rotatable bonds is 4. The Morgan fingerprint density at radius 3 is 2.34 bits per heavy atom. The highest BCUT2D eigenvalue weighted by Crippen LogP contribution is 2.35. The van der Waals surface area contributed by atoms with Crippen LogP contribution in [-0.2, 0) is 0 Å². The van der Waals surface area contributed by atoms with Crippen molar-refractivity contribution in [1.82, 2.24) is 14.5 Å². The Labute approximate surface area is 188 Å². The number of nitrogens with zero attached hydrogens (tertiary/aromatic N) is 3. The number of ether oxygens (including phenoxy) is 1. The molecule has 0 saturated heterocycles. The summed E-state index contributed by atoms with van der Waals surface area (Å²) in [5, 5.41) is 2.05. The molecule has 152 valence electrons. The lowest BCUT2D eigenvalue weighted by Gasteiger charge is -2.09. The minimum atomic E-state index is 0.354. The molecule has 3 aromatic carbocycles. The third kappa shape index (κ3) is 3.19. The quantitative estimate of drug-likeness (QED) is 0.310. The number of para-hydroxylation sites is 1. The molecule has 0 aliphatic rings. The highest BCUT2D eigenvalue weighted by molar-refractivity contribution is 6.10. The van der Waals surface area contributed by atoms with Crippen LogP contribution in [0.15, 0.2) is 115 Å². The Hall–Kier alpha value is -4.44. The van der Waals surface area contributed by atoms with Gasteiger partial charge in [0.05, 0.1) is 13.8 Å². The predicted octanol–water partition coefficient (Wildman–Crippen LogP) is 7.03. The van der Waals surface area contributed by atoms with Gasteiger partial charge in [0.15, 0.2) is 0 Å². The molecule has 0 aliphatic carbocycles. The van der Waals surface area contributed by atoms with Gasteiger partial charge in [-0.15, -0.1) is 0 Å². The Morgan fingerprint density at radius 1 is 0.656 bits per heavy atom. The number of fused-ring (bicyclic) bond motifs is 3. The molecule has 0 atom stereocenters. The van der Waals surface area contributed by atoms with Crippen LogP contribution < -0.4 is 4.74 Å². The predicted molar refractivity (Wildman–Crippen MR) is 128 cm³/mol. The second kappa shape index (κ2) is 7.67. The first kappa shape index (κ1) is 16.3. The van der Waals surface area contributed by atoms with Crippen molar-refractivity contribution in [3.05, 3.63) is 115 Å². The lowest BCUT2D eigenvalue weighted by atomic mass is 10.0. The van der Waals surface area contributed by atoms with Crippen LogP contribution in [0.1, 0.15) is 2.74 Å². The molecule has 0 saturated carbocycles. The van der Waals surface area contributed by atoms with E-state index in [0.717, 1.165) is 38.8 Å². The summed E-state index contributed by atoms with van der Waals surface area (Å²) in [5.74, 6) is 1.85. The minimum absolute atomic E-state index is 0.354. The topological polar surface area (TPSA) is 39.9 Å². The van der Waals surface area contributed by atoms with E-state index >= 15 is 0 Å². The van der Waals surface area contributed by atoms with Crippen molar-refractivity contribution < 1.29 is 7.48 Å².